The van der Waals surface area contributed by atoms with Gasteiger partial charge in [-0.15, -0.1) is 0 Å². The number of carbonyl (C=O) groups is 4. The SMILES string of the molecule is O=C(CN1C(=O)c2ccccc2C1=O)NC1CCN(C(=O)Cc2ccccc2)CC1. The highest BCUT2D eigenvalue weighted by atomic mass is 16.2. The minimum Gasteiger partial charge on any atom is -0.352 e. The molecule has 0 bridgehead atoms. The molecule has 4 amide bonds. The molecule has 0 unspecified atom stereocenters. The Hall–Kier alpha value is -3.48. The van der Waals surface area contributed by atoms with Crippen molar-refractivity contribution in [3.05, 3.63) is 71.3 Å². The normalized spacial score (nSPS) is 16.5. The molecule has 0 spiro atoms. The van der Waals surface area contributed by atoms with E-state index in [9.17, 15) is 19.2 Å². The summed E-state index contributed by atoms with van der Waals surface area (Å²) in [7, 11) is 0. The van der Waals surface area contributed by atoms with E-state index < -0.39 is 11.8 Å². The van der Waals surface area contributed by atoms with Crippen LogP contribution in [0.4, 0.5) is 0 Å². The number of likely N-dealkylation sites (tertiary alicyclic amines) is 1. The van der Waals surface area contributed by atoms with Crippen molar-refractivity contribution in [2.24, 2.45) is 0 Å². The summed E-state index contributed by atoms with van der Waals surface area (Å²) in [6, 6.07) is 16.1. The number of rotatable bonds is 5. The monoisotopic (exact) mass is 405 g/mol. The predicted octanol–water partition coefficient (Wildman–Crippen LogP) is 1.63. The average Bonchev–Trinajstić information content (AvgIpc) is 3.00. The van der Waals surface area contributed by atoms with Crippen molar-refractivity contribution >= 4 is 23.6 Å². The zero-order valence-electron chi connectivity index (χ0n) is 16.5. The van der Waals surface area contributed by atoms with Gasteiger partial charge in [0.15, 0.2) is 0 Å². The van der Waals surface area contributed by atoms with Gasteiger partial charge in [-0.3, -0.25) is 24.1 Å². The fraction of sp³-hybridized carbons (Fsp3) is 0.304. The Balaban J connectivity index is 1.25. The first kappa shape index (κ1) is 19.8. The summed E-state index contributed by atoms with van der Waals surface area (Å²) in [6.45, 7) is 0.854. The molecular weight excluding hydrogens is 382 g/mol. The lowest BCUT2D eigenvalue weighted by molar-refractivity contribution is -0.131. The summed E-state index contributed by atoms with van der Waals surface area (Å²) in [5, 5.41) is 2.90. The van der Waals surface area contributed by atoms with Gasteiger partial charge in [0, 0.05) is 19.1 Å². The Morgan fingerprint density at radius 1 is 0.867 bits per heavy atom. The van der Waals surface area contributed by atoms with E-state index in [2.05, 4.69) is 5.32 Å². The van der Waals surface area contributed by atoms with Crippen LogP contribution >= 0.6 is 0 Å². The third kappa shape index (κ3) is 4.10. The van der Waals surface area contributed by atoms with Gasteiger partial charge in [0.05, 0.1) is 17.5 Å². The Bertz CT molecular complexity index is 946. The molecule has 1 N–H and O–H groups in total. The van der Waals surface area contributed by atoms with Crippen LogP contribution in [0.5, 0.6) is 0 Å². The number of nitrogens with zero attached hydrogens (tertiary/aromatic N) is 2. The zero-order valence-corrected chi connectivity index (χ0v) is 16.5. The molecule has 30 heavy (non-hydrogen) atoms. The molecule has 2 aliphatic rings. The summed E-state index contributed by atoms with van der Waals surface area (Å²) < 4.78 is 0. The van der Waals surface area contributed by atoms with E-state index in [1.165, 1.54) is 0 Å². The first-order valence-corrected chi connectivity index (χ1v) is 10.1. The molecule has 0 radical (unpaired) electrons. The topological polar surface area (TPSA) is 86.8 Å². The van der Waals surface area contributed by atoms with Crippen molar-refractivity contribution in [3.8, 4) is 0 Å². The van der Waals surface area contributed by atoms with Crippen molar-refractivity contribution in [1.82, 2.24) is 15.1 Å². The van der Waals surface area contributed by atoms with Crippen molar-refractivity contribution in [1.29, 1.82) is 0 Å². The highest BCUT2D eigenvalue weighted by Crippen LogP contribution is 2.22. The molecule has 4 rings (SSSR count). The lowest BCUT2D eigenvalue weighted by Crippen LogP contribution is -2.49. The van der Waals surface area contributed by atoms with Crippen molar-refractivity contribution in [2.45, 2.75) is 25.3 Å². The Morgan fingerprint density at radius 2 is 1.43 bits per heavy atom. The largest absolute Gasteiger partial charge is 0.352 e. The molecule has 154 valence electrons. The number of amides is 4. The quantitative estimate of drug-likeness (QED) is 0.766. The second kappa shape index (κ2) is 8.49. The third-order valence-electron chi connectivity index (χ3n) is 5.59. The van der Waals surface area contributed by atoms with Crippen LogP contribution in [0.25, 0.3) is 0 Å². The second-order valence-electron chi connectivity index (χ2n) is 7.63. The maximum Gasteiger partial charge on any atom is 0.262 e. The molecule has 2 aliphatic heterocycles. The van der Waals surface area contributed by atoms with Gasteiger partial charge in [-0.2, -0.15) is 0 Å². The number of hydrogen-bond donors (Lipinski definition) is 1. The average molecular weight is 405 g/mol. The number of nitrogens with one attached hydrogen (secondary N) is 1. The smallest absolute Gasteiger partial charge is 0.262 e. The minimum absolute atomic E-state index is 0.0755. The molecule has 0 aromatic heterocycles. The van der Waals surface area contributed by atoms with Crippen molar-refractivity contribution in [2.75, 3.05) is 19.6 Å². The van der Waals surface area contributed by atoms with E-state index in [0.29, 0.717) is 43.5 Å². The number of hydrogen-bond acceptors (Lipinski definition) is 4. The highest BCUT2D eigenvalue weighted by Gasteiger charge is 2.36. The van der Waals surface area contributed by atoms with Crippen LogP contribution in [-0.4, -0.2) is 59.1 Å². The summed E-state index contributed by atoms with van der Waals surface area (Å²) in [5.74, 6) is -1.16. The first-order valence-electron chi connectivity index (χ1n) is 10.1. The maximum atomic E-state index is 12.5. The van der Waals surface area contributed by atoms with Gasteiger partial charge in [0.1, 0.15) is 6.54 Å². The van der Waals surface area contributed by atoms with Crippen LogP contribution in [0.1, 0.15) is 39.1 Å². The number of imide groups is 1. The summed E-state index contributed by atoms with van der Waals surface area (Å²) in [4.78, 5) is 52.5. The molecule has 0 aliphatic carbocycles. The molecule has 7 nitrogen and oxygen atoms in total. The molecule has 0 atom stereocenters. The molecule has 2 aromatic rings. The van der Waals surface area contributed by atoms with Crippen LogP contribution in [0.15, 0.2) is 54.6 Å². The summed E-state index contributed by atoms with van der Waals surface area (Å²) in [5.41, 5.74) is 1.65. The Labute approximate surface area is 174 Å². The second-order valence-corrected chi connectivity index (χ2v) is 7.63. The lowest BCUT2D eigenvalue weighted by Gasteiger charge is -2.32. The van der Waals surface area contributed by atoms with E-state index in [1.54, 1.807) is 24.3 Å². The minimum atomic E-state index is -0.438. The standard InChI is InChI=1S/C23H23N3O4/c27-20(15-26-22(29)18-8-4-5-9-19(18)23(26)30)24-17-10-12-25(13-11-17)21(28)14-16-6-2-1-3-7-16/h1-9,17H,10-15H2,(H,24,27). The zero-order chi connectivity index (χ0) is 21.1. The van der Waals surface area contributed by atoms with E-state index in [1.807, 2.05) is 35.2 Å². The van der Waals surface area contributed by atoms with Gasteiger partial charge < -0.3 is 10.2 Å². The maximum absolute atomic E-state index is 12.5. The molecule has 1 saturated heterocycles. The molecule has 1 fully saturated rings. The van der Waals surface area contributed by atoms with Gasteiger partial charge in [-0.25, -0.2) is 0 Å². The molecule has 0 saturated carbocycles. The molecular formula is C23H23N3O4. The number of benzene rings is 2. The van der Waals surface area contributed by atoms with Crippen LogP contribution < -0.4 is 5.32 Å². The van der Waals surface area contributed by atoms with Gasteiger partial charge >= 0.3 is 0 Å². The van der Waals surface area contributed by atoms with Crippen LogP contribution in [0, 0.1) is 0 Å². The fourth-order valence-corrected chi connectivity index (χ4v) is 3.96. The predicted molar refractivity (Wildman–Crippen MR) is 110 cm³/mol. The van der Waals surface area contributed by atoms with E-state index in [4.69, 9.17) is 0 Å². The van der Waals surface area contributed by atoms with Gasteiger partial charge in [-0.05, 0) is 30.5 Å². The van der Waals surface area contributed by atoms with E-state index in [0.717, 1.165) is 10.5 Å². The Morgan fingerprint density at radius 3 is 2.03 bits per heavy atom. The molecule has 7 heteroatoms. The van der Waals surface area contributed by atoms with Crippen molar-refractivity contribution < 1.29 is 19.2 Å². The summed E-state index contributed by atoms with van der Waals surface area (Å²) in [6.07, 6.45) is 1.67. The van der Waals surface area contributed by atoms with Crippen LogP contribution in [0.3, 0.4) is 0 Å². The van der Waals surface area contributed by atoms with Gasteiger partial charge in [0.25, 0.3) is 11.8 Å². The van der Waals surface area contributed by atoms with Crippen LogP contribution in [0.2, 0.25) is 0 Å². The lowest BCUT2D eigenvalue weighted by atomic mass is 10.0. The van der Waals surface area contributed by atoms with E-state index in [-0.39, 0.29) is 24.4 Å². The van der Waals surface area contributed by atoms with Crippen LogP contribution in [-0.2, 0) is 16.0 Å². The van der Waals surface area contributed by atoms with E-state index >= 15 is 0 Å². The summed E-state index contributed by atoms with van der Waals surface area (Å²) >= 11 is 0. The molecule has 2 aromatic carbocycles. The highest BCUT2D eigenvalue weighted by molar-refractivity contribution is 6.22. The number of fused-ring (bicyclic) bond motifs is 1. The van der Waals surface area contributed by atoms with Crippen molar-refractivity contribution in [3.63, 3.8) is 0 Å². The molecule has 2 heterocycles. The van der Waals surface area contributed by atoms with Gasteiger partial charge in [0.2, 0.25) is 11.8 Å². The third-order valence-corrected chi connectivity index (χ3v) is 5.59. The number of carbonyl (C=O) groups excluding carboxylic acids is 4. The Kier molecular flexibility index (Phi) is 5.61. The fourth-order valence-electron chi connectivity index (χ4n) is 3.96. The van der Waals surface area contributed by atoms with Gasteiger partial charge in [-0.1, -0.05) is 42.5 Å². The first-order chi connectivity index (χ1) is 14.5. The number of piperidine rings is 1.